The maximum Gasteiger partial charge on any atom is 0.319 e. The van der Waals surface area contributed by atoms with E-state index in [1.165, 1.54) is 25.3 Å². The van der Waals surface area contributed by atoms with Crippen molar-refractivity contribution in [1.82, 2.24) is 5.32 Å². The molecule has 0 aliphatic heterocycles. The van der Waals surface area contributed by atoms with Crippen molar-refractivity contribution in [1.29, 1.82) is 0 Å². The lowest BCUT2D eigenvalue weighted by molar-refractivity contribution is 0.252. The second-order valence-corrected chi connectivity index (χ2v) is 8.77. The van der Waals surface area contributed by atoms with Gasteiger partial charge in [0, 0.05) is 22.8 Å². The molecule has 0 heterocycles. The first-order valence-corrected chi connectivity index (χ1v) is 11.0. The normalized spacial score (nSPS) is 11.0. The van der Waals surface area contributed by atoms with Crippen LogP contribution in [0, 0.1) is 0 Å². The minimum absolute atomic E-state index is 0.117. The molecule has 0 aliphatic rings. The van der Waals surface area contributed by atoms with E-state index >= 15 is 0 Å². The van der Waals surface area contributed by atoms with Gasteiger partial charge in [0.15, 0.2) is 0 Å². The SMILES string of the molecule is CCNC(=O)Nc1ccc(S(=O)(=O)c2ccc(OC)c(-c3cccc(Cl)c3)c2)cc1. The van der Waals surface area contributed by atoms with Gasteiger partial charge >= 0.3 is 6.03 Å². The summed E-state index contributed by atoms with van der Waals surface area (Å²) in [4.78, 5) is 11.9. The molecule has 0 aromatic heterocycles. The molecule has 2 amide bonds. The zero-order chi connectivity index (χ0) is 21.7. The lowest BCUT2D eigenvalue weighted by Crippen LogP contribution is -2.28. The van der Waals surface area contributed by atoms with Gasteiger partial charge in [-0.2, -0.15) is 0 Å². The number of hydrogen-bond donors (Lipinski definition) is 2. The van der Waals surface area contributed by atoms with Crippen molar-refractivity contribution < 1.29 is 17.9 Å². The maximum atomic E-state index is 13.2. The van der Waals surface area contributed by atoms with Crippen molar-refractivity contribution in [2.75, 3.05) is 19.0 Å². The highest BCUT2D eigenvalue weighted by Crippen LogP contribution is 2.35. The van der Waals surface area contributed by atoms with Crippen LogP contribution in [-0.2, 0) is 9.84 Å². The van der Waals surface area contributed by atoms with Crippen LogP contribution in [-0.4, -0.2) is 28.1 Å². The largest absolute Gasteiger partial charge is 0.496 e. The minimum atomic E-state index is -3.78. The summed E-state index contributed by atoms with van der Waals surface area (Å²) in [7, 11) is -2.25. The smallest absolute Gasteiger partial charge is 0.319 e. The summed E-state index contributed by atoms with van der Waals surface area (Å²) in [6.45, 7) is 2.30. The molecule has 3 rings (SSSR count). The second-order valence-electron chi connectivity index (χ2n) is 6.38. The number of amides is 2. The van der Waals surface area contributed by atoms with E-state index in [1.807, 2.05) is 13.0 Å². The summed E-state index contributed by atoms with van der Waals surface area (Å²) in [6.07, 6.45) is 0. The van der Waals surface area contributed by atoms with Crippen molar-refractivity contribution in [3.63, 3.8) is 0 Å². The number of sulfone groups is 1. The molecule has 0 atom stereocenters. The molecule has 6 nitrogen and oxygen atoms in total. The van der Waals surface area contributed by atoms with Crippen LogP contribution in [0.2, 0.25) is 5.02 Å². The molecule has 0 saturated heterocycles. The number of rotatable bonds is 6. The van der Waals surface area contributed by atoms with Gasteiger partial charge < -0.3 is 15.4 Å². The third-order valence-electron chi connectivity index (χ3n) is 4.38. The van der Waals surface area contributed by atoms with E-state index < -0.39 is 9.84 Å². The quantitative estimate of drug-likeness (QED) is 0.561. The molecule has 0 unspecified atom stereocenters. The highest BCUT2D eigenvalue weighted by atomic mass is 35.5. The second kappa shape index (κ2) is 9.19. The van der Waals surface area contributed by atoms with Crippen LogP contribution in [0.5, 0.6) is 5.75 Å². The lowest BCUT2D eigenvalue weighted by atomic mass is 10.0. The first kappa shape index (κ1) is 21.7. The Bertz CT molecular complexity index is 1160. The summed E-state index contributed by atoms with van der Waals surface area (Å²) in [5.41, 5.74) is 1.86. The fourth-order valence-corrected chi connectivity index (χ4v) is 4.40. The molecule has 3 aromatic carbocycles. The van der Waals surface area contributed by atoms with Gasteiger partial charge in [-0.3, -0.25) is 0 Å². The third kappa shape index (κ3) is 4.75. The lowest BCUT2D eigenvalue weighted by Gasteiger charge is -2.12. The number of anilines is 1. The van der Waals surface area contributed by atoms with Crippen LogP contribution in [0.1, 0.15) is 6.92 Å². The van der Waals surface area contributed by atoms with E-state index in [0.29, 0.717) is 28.6 Å². The number of benzene rings is 3. The summed E-state index contributed by atoms with van der Waals surface area (Å²) in [5.74, 6) is 0.540. The van der Waals surface area contributed by atoms with Gasteiger partial charge in [-0.15, -0.1) is 0 Å². The van der Waals surface area contributed by atoms with Crippen molar-refractivity contribution >= 4 is 33.2 Å². The Morgan fingerprint density at radius 2 is 1.70 bits per heavy atom. The number of urea groups is 1. The number of nitrogens with one attached hydrogen (secondary N) is 2. The molecule has 0 aliphatic carbocycles. The van der Waals surface area contributed by atoms with Gasteiger partial charge in [-0.25, -0.2) is 13.2 Å². The zero-order valence-electron chi connectivity index (χ0n) is 16.5. The minimum Gasteiger partial charge on any atom is -0.496 e. The predicted molar refractivity (Wildman–Crippen MR) is 118 cm³/mol. The van der Waals surface area contributed by atoms with E-state index in [9.17, 15) is 13.2 Å². The van der Waals surface area contributed by atoms with Gasteiger partial charge in [0.2, 0.25) is 9.84 Å². The topological polar surface area (TPSA) is 84.5 Å². The number of hydrogen-bond acceptors (Lipinski definition) is 4. The number of ether oxygens (including phenoxy) is 1. The van der Waals surface area contributed by atoms with Crippen molar-refractivity contribution in [2.45, 2.75) is 16.7 Å². The molecule has 0 bridgehead atoms. The number of carbonyl (C=O) groups excluding carboxylic acids is 1. The number of halogens is 1. The van der Waals surface area contributed by atoms with Crippen LogP contribution in [0.3, 0.4) is 0 Å². The van der Waals surface area contributed by atoms with E-state index in [4.69, 9.17) is 16.3 Å². The van der Waals surface area contributed by atoms with Gasteiger partial charge in [0.25, 0.3) is 0 Å². The molecular formula is C22H21ClN2O4S. The van der Waals surface area contributed by atoms with Crippen LogP contribution in [0.4, 0.5) is 10.5 Å². The van der Waals surface area contributed by atoms with Gasteiger partial charge in [-0.05, 0) is 67.1 Å². The molecule has 3 aromatic rings. The standard InChI is InChI=1S/C22H21ClN2O4S/c1-3-24-22(26)25-17-7-9-18(10-8-17)30(27,28)19-11-12-21(29-2)20(14-19)15-5-4-6-16(23)13-15/h4-14H,3H2,1-2H3,(H2,24,25,26). The highest BCUT2D eigenvalue weighted by Gasteiger charge is 2.20. The van der Waals surface area contributed by atoms with Crippen LogP contribution >= 0.6 is 11.6 Å². The molecule has 30 heavy (non-hydrogen) atoms. The van der Waals surface area contributed by atoms with Crippen molar-refractivity contribution in [2.24, 2.45) is 0 Å². The molecule has 2 N–H and O–H groups in total. The summed E-state index contributed by atoms with van der Waals surface area (Å²) >= 11 is 6.09. The van der Waals surface area contributed by atoms with E-state index in [1.54, 1.807) is 42.5 Å². The van der Waals surface area contributed by atoms with Gasteiger partial charge in [-0.1, -0.05) is 23.7 Å². The Hall–Kier alpha value is -3.03. The fraction of sp³-hybridized carbons (Fsp3) is 0.136. The number of carbonyl (C=O) groups is 1. The molecule has 0 saturated carbocycles. The van der Waals surface area contributed by atoms with Crippen LogP contribution < -0.4 is 15.4 Å². The Morgan fingerprint density at radius 1 is 1.00 bits per heavy atom. The zero-order valence-corrected chi connectivity index (χ0v) is 18.0. The number of methoxy groups -OCH3 is 1. The Labute approximate surface area is 180 Å². The van der Waals surface area contributed by atoms with Gasteiger partial charge in [0.1, 0.15) is 5.75 Å². The fourth-order valence-electron chi connectivity index (χ4n) is 2.93. The molecular weight excluding hydrogens is 424 g/mol. The maximum absolute atomic E-state index is 13.2. The summed E-state index contributed by atoms with van der Waals surface area (Å²) in [6, 6.07) is 17.5. The average molecular weight is 445 g/mol. The first-order valence-electron chi connectivity index (χ1n) is 9.19. The first-order chi connectivity index (χ1) is 14.3. The summed E-state index contributed by atoms with van der Waals surface area (Å²) in [5, 5.41) is 5.79. The summed E-state index contributed by atoms with van der Waals surface area (Å²) < 4.78 is 31.7. The van der Waals surface area contributed by atoms with Crippen molar-refractivity contribution in [3.05, 3.63) is 71.8 Å². The molecule has 156 valence electrons. The predicted octanol–water partition coefficient (Wildman–Crippen LogP) is 4.99. The molecule has 0 fully saturated rings. The van der Waals surface area contributed by atoms with E-state index in [2.05, 4.69) is 10.6 Å². The Morgan fingerprint density at radius 3 is 2.33 bits per heavy atom. The monoisotopic (exact) mass is 444 g/mol. The molecule has 8 heteroatoms. The molecule has 0 radical (unpaired) electrons. The third-order valence-corrected chi connectivity index (χ3v) is 6.38. The average Bonchev–Trinajstić information content (AvgIpc) is 2.74. The van der Waals surface area contributed by atoms with Gasteiger partial charge in [0.05, 0.1) is 16.9 Å². The van der Waals surface area contributed by atoms with E-state index in [-0.39, 0.29) is 15.8 Å². The Balaban J connectivity index is 1.96. The van der Waals surface area contributed by atoms with E-state index in [0.717, 1.165) is 5.56 Å². The highest BCUT2D eigenvalue weighted by molar-refractivity contribution is 7.91. The van der Waals surface area contributed by atoms with Crippen molar-refractivity contribution in [3.8, 4) is 16.9 Å². The Kier molecular flexibility index (Phi) is 6.64. The van der Waals surface area contributed by atoms with Crippen LogP contribution in [0.15, 0.2) is 76.5 Å². The van der Waals surface area contributed by atoms with Crippen LogP contribution in [0.25, 0.3) is 11.1 Å². The molecule has 0 spiro atoms.